The van der Waals surface area contributed by atoms with Gasteiger partial charge in [-0.15, -0.1) is 0 Å². The van der Waals surface area contributed by atoms with Crippen LogP contribution in [0.1, 0.15) is 278 Å². The van der Waals surface area contributed by atoms with E-state index in [2.05, 4.69) is 142 Å². The number of hydrogen-bond acceptors (Lipinski definition) is 6. The predicted octanol–water partition coefficient (Wildman–Crippen LogP) is 21.2. The third-order valence-electron chi connectivity index (χ3n) is 12.9. The van der Waals surface area contributed by atoms with Gasteiger partial charge in [-0.1, -0.05) is 258 Å². The van der Waals surface area contributed by atoms with E-state index in [1.165, 1.54) is 122 Å². The molecule has 0 radical (unpaired) electrons. The maximum Gasteiger partial charge on any atom is 0.306 e. The molecule has 0 heterocycles. The standard InChI is InChI=1S/C69H114O6/c1-4-7-10-13-16-19-22-25-27-29-30-31-32-33-34-35-36-37-38-40-41-44-47-50-53-56-59-62-68(71)74-65-66(64-73-67(70)61-58-55-52-49-46-43-24-21-18-15-12-9-6-3)75-69(72)63-60-57-54-51-48-45-42-39-28-26-23-20-17-14-11-8-5-2/h8-9,11-12,17-18,20-22,25-26,28-30,42-43,45-46,51,54,66H,4-7,10,13-16,19,23-24,27,31-41,44,47-50,52-53,55-65H2,1-3H3/b11-8-,12-9-,20-17-,21-18-,25-22-,28-26-,30-29-,45-42-,46-43-,54-51-. The highest BCUT2D eigenvalue weighted by Crippen LogP contribution is 2.16. The van der Waals surface area contributed by atoms with Crippen LogP contribution in [-0.4, -0.2) is 37.2 Å². The fourth-order valence-corrected chi connectivity index (χ4v) is 8.35. The van der Waals surface area contributed by atoms with Crippen molar-refractivity contribution in [3.8, 4) is 0 Å². The van der Waals surface area contributed by atoms with E-state index in [-0.39, 0.29) is 37.5 Å². The largest absolute Gasteiger partial charge is 0.462 e. The topological polar surface area (TPSA) is 78.9 Å². The Kier molecular flexibility index (Phi) is 58.9. The van der Waals surface area contributed by atoms with Crippen molar-refractivity contribution in [3.63, 3.8) is 0 Å². The SMILES string of the molecule is CC/C=C\C/C=C\C/C=C\C/C=C\C/C=C\CCCC(=O)OC(COC(=O)CCCCC/C=C\C/C=C\C/C=C\CC)COC(=O)CCCCCCCCCCCCCCCCC/C=C\C/C=C\CCCCCCC. The number of rotatable bonds is 55. The van der Waals surface area contributed by atoms with E-state index in [9.17, 15) is 14.4 Å². The van der Waals surface area contributed by atoms with Gasteiger partial charge in [0.25, 0.3) is 0 Å². The molecular formula is C69H114O6. The number of ether oxygens (including phenoxy) is 3. The third-order valence-corrected chi connectivity index (χ3v) is 12.9. The molecule has 6 heteroatoms. The summed E-state index contributed by atoms with van der Waals surface area (Å²) < 4.78 is 16.8. The Bertz CT molecular complexity index is 1570. The molecule has 75 heavy (non-hydrogen) atoms. The summed E-state index contributed by atoms with van der Waals surface area (Å²) in [7, 11) is 0. The number of esters is 3. The lowest BCUT2D eigenvalue weighted by Crippen LogP contribution is -2.30. The van der Waals surface area contributed by atoms with Crippen LogP contribution in [0.3, 0.4) is 0 Å². The van der Waals surface area contributed by atoms with Gasteiger partial charge in [-0.05, 0) is 122 Å². The van der Waals surface area contributed by atoms with Gasteiger partial charge in [-0.25, -0.2) is 0 Å². The first kappa shape index (κ1) is 70.8. The molecule has 0 aromatic heterocycles. The average Bonchev–Trinajstić information content (AvgIpc) is 3.41. The summed E-state index contributed by atoms with van der Waals surface area (Å²) in [5, 5.41) is 0. The van der Waals surface area contributed by atoms with Crippen molar-refractivity contribution in [1.82, 2.24) is 0 Å². The zero-order valence-electron chi connectivity index (χ0n) is 48.8. The molecule has 6 nitrogen and oxygen atoms in total. The highest BCUT2D eigenvalue weighted by atomic mass is 16.6. The molecule has 0 spiro atoms. The Morgan fingerprint density at radius 3 is 0.867 bits per heavy atom. The minimum Gasteiger partial charge on any atom is -0.462 e. The first-order valence-electron chi connectivity index (χ1n) is 31.0. The summed E-state index contributed by atoms with van der Waals surface area (Å²) in [6.45, 7) is 6.34. The number of carbonyl (C=O) groups is 3. The highest BCUT2D eigenvalue weighted by Gasteiger charge is 2.19. The molecule has 0 rings (SSSR count). The van der Waals surface area contributed by atoms with Crippen molar-refractivity contribution in [2.24, 2.45) is 0 Å². The van der Waals surface area contributed by atoms with Crippen LogP contribution in [0.25, 0.3) is 0 Å². The first-order valence-corrected chi connectivity index (χ1v) is 31.0. The van der Waals surface area contributed by atoms with Gasteiger partial charge in [0.1, 0.15) is 13.2 Å². The van der Waals surface area contributed by atoms with Crippen LogP contribution in [-0.2, 0) is 28.6 Å². The molecule has 0 saturated carbocycles. The number of allylic oxidation sites excluding steroid dienone is 20. The van der Waals surface area contributed by atoms with E-state index in [0.29, 0.717) is 19.3 Å². The Labute approximate surface area is 462 Å². The summed E-state index contributed by atoms with van der Waals surface area (Å²) in [6.07, 6.45) is 86.5. The Morgan fingerprint density at radius 2 is 0.533 bits per heavy atom. The minimum absolute atomic E-state index is 0.112. The molecule has 0 fully saturated rings. The van der Waals surface area contributed by atoms with Gasteiger partial charge in [0.05, 0.1) is 0 Å². The molecular weight excluding hydrogens is 925 g/mol. The Balaban J connectivity index is 4.35. The summed E-state index contributed by atoms with van der Waals surface area (Å²) in [4.78, 5) is 38.2. The molecule has 0 aliphatic heterocycles. The van der Waals surface area contributed by atoms with Crippen molar-refractivity contribution < 1.29 is 28.6 Å². The summed E-state index contributed by atoms with van der Waals surface area (Å²) in [5.74, 6) is -1.00. The van der Waals surface area contributed by atoms with Crippen molar-refractivity contribution in [1.29, 1.82) is 0 Å². The van der Waals surface area contributed by atoms with Crippen molar-refractivity contribution in [2.45, 2.75) is 284 Å². The third kappa shape index (κ3) is 60.6. The number of hydrogen-bond donors (Lipinski definition) is 0. The van der Waals surface area contributed by atoms with Gasteiger partial charge in [-0.3, -0.25) is 14.4 Å². The molecule has 0 aliphatic carbocycles. The van der Waals surface area contributed by atoms with Crippen LogP contribution in [0.2, 0.25) is 0 Å². The fraction of sp³-hybridized carbons (Fsp3) is 0.667. The lowest BCUT2D eigenvalue weighted by molar-refractivity contribution is -0.167. The van der Waals surface area contributed by atoms with E-state index in [0.717, 1.165) is 109 Å². The highest BCUT2D eigenvalue weighted by molar-refractivity contribution is 5.71. The van der Waals surface area contributed by atoms with E-state index < -0.39 is 6.10 Å². The number of unbranched alkanes of at least 4 members (excludes halogenated alkanes) is 24. The molecule has 0 N–H and O–H groups in total. The Morgan fingerprint density at radius 1 is 0.280 bits per heavy atom. The number of carbonyl (C=O) groups excluding carboxylic acids is 3. The molecule has 0 saturated heterocycles. The van der Waals surface area contributed by atoms with Crippen LogP contribution in [0.15, 0.2) is 122 Å². The van der Waals surface area contributed by atoms with E-state index >= 15 is 0 Å². The maximum absolute atomic E-state index is 12.8. The van der Waals surface area contributed by atoms with Crippen LogP contribution in [0, 0.1) is 0 Å². The van der Waals surface area contributed by atoms with Crippen LogP contribution in [0.5, 0.6) is 0 Å². The van der Waals surface area contributed by atoms with Crippen molar-refractivity contribution in [3.05, 3.63) is 122 Å². The van der Waals surface area contributed by atoms with E-state index in [1.54, 1.807) is 0 Å². The van der Waals surface area contributed by atoms with Gasteiger partial charge in [0, 0.05) is 19.3 Å². The smallest absolute Gasteiger partial charge is 0.306 e. The van der Waals surface area contributed by atoms with Crippen molar-refractivity contribution >= 4 is 17.9 Å². The molecule has 1 unspecified atom stereocenters. The Hall–Kier alpha value is -4.19. The van der Waals surface area contributed by atoms with Crippen molar-refractivity contribution in [2.75, 3.05) is 13.2 Å². The zero-order valence-corrected chi connectivity index (χ0v) is 48.8. The summed E-state index contributed by atoms with van der Waals surface area (Å²) >= 11 is 0. The predicted molar refractivity (Wildman–Crippen MR) is 325 cm³/mol. The minimum atomic E-state index is -0.823. The molecule has 0 bridgehead atoms. The molecule has 0 aromatic carbocycles. The van der Waals surface area contributed by atoms with Gasteiger partial charge in [-0.2, -0.15) is 0 Å². The second-order valence-corrected chi connectivity index (χ2v) is 20.2. The fourth-order valence-electron chi connectivity index (χ4n) is 8.35. The summed E-state index contributed by atoms with van der Waals surface area (Å²) in [6, 6.07) is 0. The normalized spacial score (nSPS) is 12.9. The second-order valence-electron chi connectivity index (χ2n) is 20.2. The molecule has 0 aliphatic rings. The van der Waals surface area contributed by atoms with E-state index in [1.807, 2.05) is 0 Å². The van der Waals surface area contributed by atoms with Crippen LogP contribution < -0.4 is 0 Å². The monoisotopic (exact) mass is 1040 g/mol. The molecule has 1 atom stereocenters. The van der Waals surface area contributed by atoms with Gasteiger partial charge >= 0.3 is 17.9 Å². The van der Waals surface area contributed by atoms with Gasteiger partial charge < -0.3 is 14.2 Å². The maximum atomic E-state index is 12.8. The van der Waals surface area contributed by atoms with Gasteiger partial charge in [0.2, 0.25) is 0 Å². The first-order chi connectivity index (χ1) is 37.0. The molecule has 426 valence electrons. The molecule has 0 amide bonds. The lowest BCUT2D eigenvalue weighted by Gasteiger charge is -2.18. The summed E-state index contributed by atoms with van der Waals surface area (Å²) in [5.41, 5.74) is 0. The average molecular weight is 1040 g/mol. The van der Waals surface area contributed by atoms with Crippen LogP contribution >= 0.6 is 0 Å². The second kappa shape index (κ2) is 62.4. The zero-order chi connectivity index (χ0) is 54.3. The molecule has 0 aromatic rings. The van der Waals surface area contributed by atoms with Gasteiger partial charge in [0.15, 0.2) is 6.10 Å². The lowest BCUT2D eigenvalue weighted by atomic mass is 10.0. The quantitative estimate of drug-likeness (QED) is 0.0261. The van der Waals surface area contributed by atoms with Crippen LogP contribution in [0.4, 0.5) is 0 Å². The van der Waals surface area contributed by atoms with E-state index in [4.69, 9.17) is 14.2 Å².